The van der Waals surface area contributed by atoms with Crippen LogP contribution in [-0.4, -0.2) is 11.7 Å². The Morgan fingerprint density at radius 1 is 1.22 bits per heavy atom. The number of rotatable bonds is 5. The van der Waals surface area contributed by atoms with Crippen LogP contribution in [0.2, 0.25) is 0 Å². The van der Waals surface area contributed by atoms with Crippen LogP contribution in [0.15, 0.2) is 28.7 Å². The first-order valence-electron chi connectivity index (χ1n) is 7.01. The third-order valence-corrected chi connectivity index (χ3v) is 3.50. The second kappa shape index (κ2) is 6.88. The first-order valence-corrected chi connectivity index (χ1v) is 7.01. The molecule has 0 spiro atoms. The van der Waals surface area contributed by atoms with Crippen LogP contribution in [0, 0.1) is 31.0 Å². The second-order valence-corrected chi connectivity index (χ2v) is 5.08. The predicted molar refractivity (Wildman–Crippen MR) is 81.5 cm³/mol. The minimum absolute atomic E-state index is 0.0158. The number of aryl methyl sites for hydroxylation is 1. The van der Waals surface area contributed by atoms with Gasteiger partial charge in [-0.1, -0.05) is 0 Å². The lowest BCUT2D eigenvalue weighted by Crippen LogP contribution is -2.13. The van der Waals surface area contributed by atoms with E-state index in [1.165, 1.54) is 24.3 Å². The molecule has 0 saturated carbocycles. The van der Waals surface area contributed by atoms with Crippen LogP contribution < -0.4 is 5.32 Å². The van der Waals surface area contributed by atoms with Crippen LogP contribution in [0.4, 0.5) is 10.3 Å². The standard InChI is InChI=1S/C17H15FN2O3/c1-10-11(2)23-17(14(10)9-19)20-16(22)8-7-15(21)12-3-5-13(18)6-4-12/h3-6H,7-8H2,1-2H3,(H,20,22). The fourth-order valence-corrected chi connectivity index (χ4v) is 2.05. The lowest BCUT2D eigenvalue weighted by Gasteiger charge is -2.03. The van der Waals surface area contributed by atoms with Gasteiger partial charge in [0, 0.05) is 24.0 Å². The number of amides is 1. The van der Waals surface area contributed by atoms with E-state index in [9.17, 15) is 14.0 Å². The highest BCUT2D eigenvalue weighted by Crippen LogP contribution is 2.25. The molecule has 1 N–H and O–H groups in total. The van der Waals surface area contributed by atoms with Crippen LogP contribution in [0.5, 0.6) is 0 Å². The number of ketones is 1. The van der Waals surface area contributed by atoms with Crippen molar-refractivity contribution < 1.29 is 18.4 Å². The zero-order valence-electron chi connectivity index (χ0n) is 12.8. The monoisotopic (exact) mass is 314 g/mol. The summed E-state index contributed by atoms with van der Waals surface area (Å²) in [6.45, 7) is 3.43. The number of anilines is 1. The summed E-state index contributed by atoms with van der Waals surface area (Å²) in [6, 6.07) is 7.12. The number of furan rings is 1. The minimum Gasteiger partial charge on any atom is -0.444 e. The fraction of sp³-hybridized carbons (Fsp3) is 0.235. The van der Waals surface area contributed by atoms with E-state index in [1.54, 1.807) is 13.8 Å². The third kappa shape index (κ3) is 3.83. The van der Waals surface area contributed by atoms with Gasteiger partial charge in [-0.05, 0) is 38.1 Å². The molecule has 0 unspecified atom stereocenters. The number of hydrogen-bond donors (Lipinski definition) is 1. The number of Topliss-reactive ketones (excluding diaryl/α,β-unsaturated/α-hetero) is 1. The molecule has 1 aromatic heterocycles. The molecule has 0 aliphatic rings. The molecule has 2 rings (SSSR count). The van der Waals surface area contributed by atoms with E-state index in [2.05, 4.69) is 5.32 Å². The summed E-state index contributed by atoms with van der Waals surface area (Å²) in [5.41, 5.74) is 1.30. The number of nitrogens with one attached hydrogen (secondary N) is 1. The summed E-state index contributed by atoms with van der Waals surface area (Å²) >= 11 is 0. The Bertz CT molecular complexity index is 785. The molecule has 118 valence electrons. The van der Waals surface area contributed by atoms with Crippen molar-refractivity contribution in [2.45, 2.75) is 26.7 Å². The number of nitrogens with zero attached hydrogens (tertiary/aromatic N) is 1. The van der Waals surface area contributed by atoms with Gasteiger partial charge in [0.05, 0.1) is 0 Å². The maximum atomic E-state index is 12.8. The normalized spacial score (nSPS) is 10.2. The van der Waals surface area contributed by atoms with Crippen molar-refractivity contribution >= 4 is 17.6 Å². The van der Waals surface area contributed by atoms with Gasteiger partial charge in [-0.3, -0.25) is 14.9 Å². The average Bonchev–Trinajstić information content (AvgIpc) is 2.79. The largest absolute Gasteiger partial charge is 0.444 e. The number of nitriles is 1. The highest BCUT2D eigenvalue weighted by atomic mass is 19.1. The average molecular weight is 314 g/mol. The second-order valence-electron chi connectivity index (χ2n) is 5.08. The molecule has 6 heteroatoms. The van der Waals surface area contributed by atoms with Crippen LogP contribution >= 0.6 is 0 Å². The zero-order chi connectivity index (χ0) is 17.0. The molecule has 0 bridgehead atoms. The summed E-state index contributed by atoms with van der Waals surface area (Å²) in [6.07, 6.45) is -0.0715. The van der Waals surface area contributed by atoms with E-state index in [4.69, 9.17) is 9.68 Å². The first kappa shape index (κ1) is 16.4. The summed E-state index contributed by atoms with van der Waals surface area (Å²) in [4.78, 5) is 23.8. The number of benzene rings is 1. The van der Waals surface area contributed by atoms with Gasteiger partial charge in [-0.25, -0.2) is 4.39 Å². The maximum Gasteiger partial charge on any atom is 0.227 e. The Balaban J connectivity index is 1.96. The molecular weight excluding hydrogens is 299 g/mol. The van der Waals surface area contributed by atoms with E-state index >= 15 is 0 Å². The molecule has 1 amide bonds. The molecule has 0 fully saturated rings. The van der Waals surface area contributed by atoms with Gasteiger partial charge in [-0.2, -0.15) is 5.26 Å². The highest BCUT2D eigenvalue weighted by Gasteiger charge is 2.17. The van der Waals surface area contributed by atoms with Gasteiger partial charge < -0.3 is 4.42 Å². The van der Waals surface area contributed by atoms with E-state index in [0.29, 0.717) is 16.9 Å². The first-order chi connectivity index (χ1) is 10.9. The van der Waals surface area contributed by atoms with Crippen molar-refractivity contribution in [2.75, 3.05) is 5.32 Å². The zero-order valence-corrected chi connectivity index (χ0v) is 12.8. The van der Waals surface area contributed by atoms with Gasteiger partial charge in [-0.15, -0.1) is 0 Å². The van der Waals surface area contributed by atoms with Gasteiger partial charge in [0.15, 0.2) is 5.78 Å². The van der Waals surface area contributed by atoms with Crippen molar-refractivity contribution in [1.82, 2.24) is 0 Å². The number of carbonyl (C=O) groups is 2. The summed E-state index contributed by atoms with van der Waals surface area (Å²) in [7, 11) is 0. The van der Waals surface area contributed by atoms with Gasteiger partial charge in [0.25, 0.3) is 0 Å². The lowest BCUT2D eigenvalue weighted by atomic mass is 10.1. The SMILES string of the molecule is Cc1oc(NC(=O)CCC(=O)c2ccc(F)cc2)c(C#N)c1C. The Labute approximate surface area is 132 Å². The molecule has 0 radical (unpaired) electrons. The quantitative estimate of drug-likeness (QED) is 0.856. The van der Waals surface area contributed by atoms with E-state index < -0.39 is 11.7 Å². The van der Waals surface area contributed by atoms with Gasteiger partial charge >= 0.3 is 0 Å². The Morgan fingerprint density at radius 2 is 1.87 bits per heavy atom. The van der Waals surface area contributed by atoms with Crippen molar-refractivity contribution in [3.63, 3.8) is 0 Å². The van der Waals surface area contributed by atoms with Crippen molar-refractivity contribution in [2.24, 2.45) is 0 Å². The molecule has 0 aliphatic heterocycles. The molecule has 0 saturated heterocycles. The highest BCUT2D eigenvalue weighted by molar-refractivity contribution is 6.00. The summed E-state index contributed by atoms with van der Waals surface area (Å²) in [5.74, 6) is -0.453. The van der Waals surface area contributed by atoms with Crippen LogP contribution in [0.3, 0.4) is 0 Å². The summed E-state index contributed by atoms with van der Waals surface area (Å²) < 4.78 is 18.1. The van der Waals surface area contributed by atoms with Gasteiger partial charge in [0.2, 0.25) is 11.8 Å². The predicted octanol–water partition coefficient (Wildman–Crippen LogP) is 3.51. The molecular formula is C17H15FN2O3. The summed E-state index contributed by atoms with van der Waals surface area (Å²) in [5, 5.41) is 11.6. The third-order valence-electron chi connectivity index (χ3n) is 3.50. The van der Waals surface area contributed by atoms with E-state index in [1.807, 2.05) is 6.07 Å². The van der Waals surface area contributed by atoms with Gasteiger partial charge in [0.1, 0.15) is 23.2 Å². The lowest BCUT2D eigenvalue weighted by molar-refractivity contribution is -0.116. The molecule has 1 heterocycles. The van der Waals surface area contributed by atoms with Crippen molar-refractivity contribution in [1.29, 1.82) is 5.26 Å². The van der Waals surface area contributed by atoms with Crippen molar-refractivity contribution in [3.8, 4) is 6.07 Å². The van der Waals surface area contributed by atoms with E-state index in [0.717, 1.165) is 0 Å². The molecule has 2 aromatic rings. The fourth-order valence-electron chi connectivity index (χ4n) is 2.05. The number of carbonyl (C=O) groups excluding carboxylic acids is 2. The number of halogens is 1. The van der Waals surface area contributed by atoms with Crippen molar-refractivity contribution in [3.05, 3.63) is 52.5 Å². The molecule has 5 nitrogen and oxygen atoms in total. The van der Waals surface area contributed by atoms with E-state index in [-0.39, 0.29) is 30.1 Å². The molecule has 23 heavy (non-hydrogen) atoms. The van der Waals surface area contributed by atoms with Crippen LogP contribution in [0.1, 0.15) is 40.1 Å². The topological polar surface area (TPSA) is 83.1 Å². The number of hydrogen-bond acceptors (Lipinski definition) is 4. The minimum atomic E-state index is -0.425. The Hall–Kier alpha value is -2.94. The smallest absolute Gasteiger partial charge is 0.227 e. The van der Waals surface area contributed by atoms with Crippen LogP contribution in [-0.2, 0) is 4.79 Å². The Morgan fingerprint density at radius 3 is 2.48 bits per heavy atom. The van der Waals surface area contributed by atoms with Crippen LogP contribution in [0.25, 0.3) is 0 Å². The molecule has 0 aliphatic carbocycles. The maximum absolute atomic E-state index is 12.8. The molecule has 1 aromatic carbocycles. The molecule has 0 atom stereocenters. The Kier molecular flexibility index (Phi) is 4.91.